The molecule has 26 heavy (non-hydrogen) atoms. The maximum absolute atomic E-state index is 12.8. The van der Waals surface area contributed by atoms with Crippen LogP contribution in [0.15, 0.2) is 54.7 Å². The van der Waals surface area contributed by atoms with Crippen LogP contribution in [0.1, 0.15) is 10.4 Å². The molecule has 0 aliphatic heterocycles. The number of Topliss-reactive ketones (excluding diaryl/α,β-unsaturated/α-hetero) is 1. The number of ether oxygens (including phenoxy) is 1. The van der Waals surface area contributed by atoms with Gasteiger partial charge in [0.25, 0.3) is 0 Å². The van der Waals surface area contributed by atoms with Crippen LogP contribution in [0, 0.1) is 17.2 Å². The summed E-state index contributed by atoms with van der Waals surface area (Å²) in [6.07, 6.45) is 1.83. The van der Waals surface area contributed by atoms with E-state index in [-0.39, 0.29) is 0 Å². The smallest absolute Gasteiger partial charge is 0.249 e. The van der Waals surface area contributed by atoms with Crippen molar-refractivity contribution in [3.05, 3.63) is 60.3 Å². The SMILES string of the molecule is COc1ccc(NC(=O)[C@H](C#N)C(=O)c2cccc3c2ccn3C)cc1. The van der Waals surface area contributed by atoms with Gasteiger partial charge in [-0.2, -0.15) is 5.26 Å². The predicted octanol–water partition coefficient (Wildman–Crippen LogP) is 3.15. The number of nitrogens with one attached hydrogen (secondary N) is 1. The minimum absolute atomic E-state index is 0.361. The van der Waals surface area contributed by atoms with Crippen molar-refractivity contribution >= 4 is 28.3 Å². The number of hydrogen-bond acceptors (Lipinski definition) is 4. The van der Waals surface area contributed by atoms with Gasteiger partial charge in [-0.05, 0) is 36.4 Å². The maximum atomic E-state index is 12.8. The van der Waals surface area contributed by atoms with E-state index < -0.39 is 17.6 Å². The first-order valence-electron chi connectivity index (χ1n) is 7.98. The third-order valence-electron chi connectivity index (χ3n) is 4.20. The lowest BCUT2D eigenvalue weighted by Gasteiger charge is -2.11. The van der Waals surface area contributed by atoms with Crippen molar-refractivity contribution in [2.75, 3.05) is 12.4 Å². The molecule has 0 aliphatic carbocycles. The first kappa shape index (κ1) is 17.2. The molecule has 3 aromatic rings. The van der Waals surface area contributed by atoms with Gasteiger partial charge in [0.1, 0.15) is 5.75 Å². The predicted molar refractivity (Wildman–Crippen MR) is 98.0 cm³/mol. The van der Waals surface area contributed by atoms with Crippen LogP contribution in [0.25, 0.3) is 10.9 Å². The summed E-state index contributed by atoms with van der Waals surface area (Å²) in [7, 11) is 3.41. The van der Waals surface area contributed by atoms with Gasteiger partial charge in [0.05, 0.1) is 13.2 Å². The Balaban J connectivity index is 1.86. The summed E-state index contributed by atoms with van der Waals surface area (Å²) in [5.41, 5.74) is 1.71. The van der Waals surface area contributed by atoms with Crippen molar-refractivity contribution in [3.8, 4) is 11.8 Å². The van der Waals surface area contributed by atoms with Crippen molar-refractivity contribution < 1.29 is 14.3 Å². The molecule has 3 rings (SSSR count). The highest BCUT2D eigenvalue weighted by molar-refractivity contribution is 6.19. The molecule has 0 bridgehead atoms. The molecular formula is C20H17N3O3. The van der Waals surface area contributed by atoms with E-state index >= 15 is 0 Å². The van der Waals surface area contributed by atoms with Gasteiger partial charge in [0.2, 0.25) is 5.91 Å². The first-order valence-corrected chi connectivity index (χ1v) is 7.98. The second-order valence-electron chi connectivity index (χ2n) is 5.81. The molecule has 0 radical (unpaired) electrons. The standard InChI is InChI=1S/C20H17N3O3/c1-23-11-10-15-16(4-3-5-18(15)23)19(24)17(12-21)20(25)22-13-6-8-14(26-2)9-7-13/h3-11,17H,1-2H3,(H,22,25)/t17-/m1/s1. The summed E-state index contributed by atoms with van der Waals surface area (Å²) in [5, 5.41) is 12.7. The lowest BCUT2D eigenvalue weighted by molar-refractivity contribution is -0.117. The van der Waals surface area contributed by atoms with Gasteiger partial charge in [-0.15, -0.1) is 0 Å². The van der Waals surface area contributed by atoms with E-state index in [2.05, 4.69) is 5.32 Å². The zero-order valence-electron chi connectivity index (χ0n) is 14.4. The second kappa shape index (κ2) is 7.11. The number of carbonyl (C=O) groups is 2. The highest BCUT2D eigenvalue weighted by atomic mass is 16.5. The first-order chi connectivity index (χ1) is 12.5. The molecule has 1 aromatic heterocycles. The number of benzene rings is 2. The number of carbonyl (C=O) groups excluding carboxylic acids is 2. The number of ketones is 1. The van der Waals surface area contributed by atoms with Crippen LogP contribution in [0.3, 0.4) is 0 Å². The summed E-state index contributed by atoms with van der Waals surface area (Å²) in [6.45, 7) is 0. The van der Waals surface area contributed by atoms with Crippen LogP contribution in [0.5, 0.6) is 5.75 Å². The molecule has 2 aromatic carbocycles. The zero-order valence-corrected chi connectivity index (χ0v) is 14.4. The number of fused-ring (bicyclic) bond motifs is 1. The van der Waals surface area contributed by atoms with Gasteiger partial charge < -0.3 is 14.6 Å². The summed E-state index contributed by atoms with van der Waals surface area (Å²) in [4.78, 5) is 25.3. The molecule has 1 amide bonds. The highest BCUT2D eigenvalue weighted by Gasteiger charge is 2.29. The van der Waals surface area contributed by atoms with E-state index in [0.717, 1.165) is 10.9 Å². The topological polar surface area (TPSA) is 84.1 Å². The minimum atomic E-state index is -1.43. The number of amides is 1. The number of nitriles is 1. The van der Waals surface area contributed by atoms with Crippen molar-refractivity contribution in [2.45, 2.75) is 0 Å². The minimum Gasteiger partial charge on any atom is -0.497 e. The van der Waals surface area contributed by atoms with Gasteiger partial charge in [0, 0.05) is 35.4 Å². The number of methoxy groups -OCH3 is 1. The van der Waals surface area contributed by atoms with Gasteiger partial charge in [-0.3, -0.25) is 9.59 Å². The van der Waals surface area contributed by atoms with Crippen molar-refractivity contribution in [2.24, 2.45) is 13.0 Å². The Morgan fingerprint density at radius 1 is 1.15 bits per heavy atom. The Morgan fingerprint density at radius 2 is 1.88 bits per heavy atom. The number of rotatable bonds is 5. The molecule has 1 heterocycles. The van der Waals surface area contributed by atoms with Crippen LogP contribution in [0.2, 0.25) is 0 Å². The van der Waals surface area contributed by atoms with Crippen molar-refractivity contribution in [1.29, 1.82) is 5.26 Å². The highest BCUT2D eigenvalue weighted by Crippen LogP contribution is 2.23. The number of aryl methyl sites for hydroxylation is 1. The molecule has 0 saturated heterocycles. The fourth-order valence-corrected chi connectivity index (χ4v) is 2.80. The van der Waals surface area contributed by atoms with Crippen LogP contribution >= 0.6 is 0 Å². The van der Waals surface area contributed by atoms with E-state index in [4.69, 9.17) is 4.74 Å². The Kier molecular flexibility index (Phi) is 4.72. The Hall–Kier alpha value is -3.59. The molecule has 0 aliphatic rings. The summed E-state index contributed by atoms with van der Waals surface area (Å²) in [5.74, 6) is -1.96. The summed E-state index contributed by atoms with van der Waals surface area (Å²) < 4.78 is 6.94. The Morgan fingerprint density at radius 3 is 2.54 bits per heavy atom. The second-order valence-corrected chi connectivity index (χ2v) is 5.81. The summed E-state index contributed by atoms with van der Waals surface area (Å²) >= 11 is 0. The molecular weight excluding hydrogens is 330 g/mol. The fourth-order valence-electron chi connectivity index (χ4n) is 2.80. The molecule has 0 fully saturated rings. The average molecular weight is 347 g/mol. The normalized spacial score (nSPS) is 11.6. The van der Waals surface area contributed by atoms with Crippen molar-refractivity contribution in [3.63, 3.8) is 0 Å². The molecule has 1 atom stereocenters. The van der Waals surface area contributed by atoms with Crippen LogP contribution in [-0.2, 0) is 11.8 Å². The van der Waals surface area contributed by atoms with Gasteiger partial charge in [-0.1, -0.05) is 12.1 Å². The van der Waals surface area contributed by atoms with E-state index in [1.54, 1.807) is 49.6 Å². The molecule has 6 heteroatoms. The number of nitrogens with zero attached hydrogens (tertiary/aromatic N) is 2. The molecule has 0 unspecified atom stereocenters. The summed E-state index contributed by atoms with van der Waals surface area (Å²) in [6, 6.07) is 15.5. The molecule has 1 N–H and O–H groups in total. The lowest BCUT2D eigenvalue weighted by Crippen LogP contribution is -2.28. The molecule has 6 nitrogen and oxygen atoms in total. The fraction of sp³-hybridized carbons (Fsp3) is 0.150. The largest absolute Gasteiger partial charge is 0.497 e. The number of hydrogen-bond donors (Lipinski definition) is 1. The monoisotopic (exact) mass is 347 g/mol. The van der Waals surface area contributed by atoms with Crippen LogP contribution in [-0.4, -0.2) is 23.4 Å². The van der Waals surface area contributed by atoms with E-state index in [0.29, 0.717) is 17.0 Å². The van der Waals surface area contributed by atoms with Crippen LogP contribution < -0.4 is 10.1 Å². The van der Waals surface area contributed by atoms with E-state index in [1.807, 2.05) is 29.9 Å². The van der Waals surface area contributed by atoms with E-state index in [1.165, 1.54) is 0 Å². The Bertz CT molecular complexity index is 1010. The maximum Gasteiger partial charge on any atom is 0.249 e. The zero-order chi connectivity index (χ0) is 18.7. The quantitative estimate of drug-likeness (QED) is 0.568. The van der Waals surface area contributed by atoms with Gasteiger partial charge in [0.15, 0.2) is 11.7 Å². The Labute approximate surface area is 150 Å². The third kappa shape index (κ3) is 3.15. The van der Waals surface area contributed by atoms with Gasteiger partial charge in [-0.25, -0.2) is 0 Å². The lowest BCUT2D eigenvalue weighted by atomic mass is 9.95. The molecule has 0 spiro atoms. The third-order valence-corrected chi connectivity index (χ3v) is 4.20. The number of anilines is 1. The van der Waals surface area contributed by atoms with E-state index in [9.17, 15) is 14.9 Å². The van der Waals surface area contributed by atoms with Crippen LogP contribution in [0.4, 0.5) is 5.69 Å². The number of aromatic nitrogens is 1. The average Bonchev–Trinajstić information content (AvgIpc) is 3.04. The van der Waals surface area contributed by atoms with Gasteiger partial charge >= 0.3 is 0 Å². The molecule has 130 valence electrons. The van der Waals surface area contributed by atoms with Crippen molar-refractivity contribution in [1.82, 2.24) is 4.57 Å². The molecule has 0 saturated carbocycles.